The molecule has 2 N–H and O–H groups in total. The number of rotatable bonds is 5. The van der Waals surface area contributed by atoms with E-state index in [0.717, 1.165) is 11.3 Å². The Morgan fingerprint density at radius 3 is 2.39 bits per heavy atom. The van der Waals surface area contributed by atoms with E-state index in [1.165, 1.54) is 14.2 Å². The largest absolute Gasteiger partial charge is 0.462 e. The second kappa shape index (κ2) is 5.84. The van der Waals surface area contributed by atoms with Crippen molar-refractivity contribution < 1.29 is 23.1 Å². The van der Waals surface area contributed by atoms with Gasteiger partial charge in [0, 0.05) is 14.2 Å². The molecule has 0 fully saturated rings. The number of carbonyl (C=O) groups is 1. The lowest BCUT2D eigenvalue weighted by atomic mass is 10.2. The summed E-state index contributed by atoms with van der Waals surface area (Å²) in [4.78, 5) is 11.7. The van der Waals surface area contributed by atoms with Gasteiger partial charge in [0.05, 0.1) is 12.2 Å². The van der Waals surface area contributed by atoms with E-state index < -0.39 is 13.6 Å². The second-order valence-electron chi connectivity index (χ2n) is 3.35. The molecule has 102 valence electrons. The fraction of sp³-hybridized carbons (Fsp3) is 0.500. The monoisotopic (exact) mass is 293 g/mol. The van der Waals surface area contributed by atoms with Gasteiger partial charge < -0.3 is 19.5 Å². The number of hydrogen-bond donors (Lipinski definition) is 1. The SMILES string of the molecule is CCOC(=O)c1c(N)sc(P(=O)(OC)OC)c1C. The molecule has 1 rings (SSSR count). The molecule has 1 aromatic rings. The molecule has 0 radical (unpaired) electrons. The minimum atomic E-state index is -3.41. The van der Waals surface area contributed by atoms with Crippen LogP contribution < -0.4 is 10.4 Å². The minimum absolute atomic E-state index is 0.228. The Hall–Kier alpha value is -0.880. The van der Waals surface area contributed by atoms with Crippen molar-refractivity contribution in [3.8, 4) is 0 Å². The zero-order valence-corrected chi connectivity index (χ0v) is 12.4. The number of thiophene rings is 1. The summed E-state index contributed by atoms with van der Waals surface area (Å²) >= 11 is 1.02. The topological polar surface area (TPSA) is 87.9 Å². The van der Waals surface area contributed by atoms with Gasteiger partial charge in [-0.05, 0) is 19.4 Å². The molecule has 0 unspecified atom stereocenters. The predicted octanol–water partition coefficient (Wildman–Crippen LogP) is 1.93. The molecule has 1 heterocycles. The quantitative estimate of drug-likeness (QED) is 0.659. The summed E-state index contributed by atoms with van der Waals surface area (Å²) in [6, 6.07) is 0. The molecule has 0 saturated carbocycles. The fourth-order valence-electron chi connectivity index (χ4n) is 1.48. The van der Waals surface area contributed by atoms with Crippen LogP contribution >= 0.6 is 18.9 Å². The van der Waals surface area contributed by atoms with Gasteiger partial charge >= 0.3 is 13.6 Å². The van der Waals surface area contributed by atoms with Gasteiger partial charge in [-0.25, -0.2) is 4.79 Å². The molecule has 6 nitrogen and oxygen atoms in total. The zero-order valence-electron chi connectivity index (χ0n) is 10.7. The van der Waals surface area contributed by atoms with Gasteiger partial charge in [-0.2, -0.15) is 0 Å². The lowest BCUT2D eigenvalue weighted by Crippen LogP contribution is -2.11. The zero-order chi connectivity index (χ0) is 13.9. The first-order chi connectivity index (χ1) is 8.41. The van der Waals surface area contributed by atoms with E-state index in [9.17, 15) is 9.36 Å². The van der Waals surface area contributed by atoms with E-state index >= 15 is 0 Å². The second-order valence-corrected chi connectivity index (χ2v) is 6.88. The van der Waals surface area contributed by atoms with Crippen LogP contribution in [0.15, 0.2) is 0 Å². The van der Waals surface area contributed by atoms with Gasteiger partial charge in [-0.1, -0.05) is 0 Å². The molecule has 0 spiro atoms. The van der Waals surface area contributed by atoms with Crippen molar-refractivity contribution in [2.75, 3.05) is 26.6 Å². The Kier molecular flexibility index (Phi) is 4.92. The van der Waals surface area contributed by atoms with Crippen LogP contribution in [0.4, 0.5) is 5.00 Å². The molecule has 8 heteroatoms. The highest BCUT2D eigenvalue weighted by Crippen LogP contribution is 2.49. The maximum Gasteiger partial charge on any atom is 0.371 e. The third-order valence-corrected chi connectivity index (χ3v) is 6.02. The number of nitrogen functional groups attached to an aromatic ring is 1. The molecule has 0 aromatic carbocycles. The average Bonchev–Trinajstić information content (AvgIpc) is 2.64. The van der Waals surface area contributed by atoms with Gasteiger partial charge in [0.15, 0.2) is 0 Å². The van der Waals surface area contributed by atoms with Crippen LogP contribution in [0.3, 0.4) is 0 Å². The van der Waals surface area contributed by atoms with Gasteiger partial charge in [-0.3, -0.25) is 4.57 Å². The van der Waals surface area contributed by atoms with Crippen LogP contribution in [0.5, 0.6) is 0 Å². The van der Waals surface area contributed by atoms with Crippen molar-refractivity contribution in [2.45, 2.75) is 13.8 Å². The standard InChI is InChI=1S/C10H16NO5PS/c1-5-16-9(12)7-6(2)10(18-8(7)11)17(13,14-3)15-4/h5,11H2,1-4H3. The highest BCUT2D eigenvalue weighted by molar-refractivity contribution is 7.69. The molecule has 0 aliphatic rings. The molecule has 1 aromatic heterocycles. The molecular formula is C10H16NO5PS. The number of ether oxygens (including phenoxy) is 1. The first-order valence-corrected chi connectivity index (χ1v) is 7.55. The molecule has 0 bridgehead atoms. The number of carbonyl (C=O) groups excluding carboxylic acids is 1. The van der Waals surface area contributed by atoms with E-state index in [-0.39, 0.29) is 17.2 Å². The van der Waals surface area contributed by atoms with Crippen molar-refractivity contribution in [1.29, 1.82) is 0 Å². The highest BCUT2D eigenvalue weighted by atomic mass is 32.1. The lowest BCUT2D eigenvalue weighted by molar-refractivity contribution is 0.0527. The first kappa shape index (κ1) is 15.2. The molecule has 0 saturated heterocycles. The highest BCUT2D eigenvalue weighted by Gasteiger charge is 2.33. The van der Waals surface area contributed by atoms with Gasteiger partial charge in [0.25, 0.3) is 0 Å². The van der Waals surface area contributed by atoms with E-state index in [1.807, 2.05) is 0 Å². The van der Waals surface area contributed by atoms with Crippen molar-refractivity contribution >= 4 is 34.5 Å². The van der Waals surface area contributed by atoms with Gasteiger partial charge in [0.1, 0.15) is 9.62 Å². The van der Waals surface area contributed by atoms with E-state index in [0.29, 0.717) is 10.2 Å². The first-order valence-electron chi connectivity index (χ1n) is 5.19. The predicted molar refractivity (Wildman–Crippen MR) is 70.7 cm³/mol. The minimum Gasteiger partial charge on any atom is -0.462 e. The van der Waals surface area contributed by atoms with Crippen molar-refractivity contribution in [3.05, 3.63) is 11.1 Å². The van der Waals surface area contributed by atoms with Crippen LogP contribution in [0, 0.1) is 6.92 Å². The molecule has 0 aliphatic carbocycles. The molecule has 0 atom stereocenters. The number of anilines is 1. The molecular weight excluding hydrogens is 277 g/mol. The van der Waals surface area contributed by atoms with E-state index in [2.05, 4.69) is 0 Å². The third kappa shape index (κ3) is 2.59. The maximum absolute atomic E-state index is 12.3. The lowest BCUT2D eigenvalue weighted by Gasteiger charge is -2.12. The van der Waals surface area contributed by atoms with Crippen molar-refractivity contribution in [3.63, 3.8) is 0 Å². The molecule has 0 aliphatic heterocycles. The number of nitrogens with two attached hydrogens (primary N) is 1. The van der Waals surface area contributed by atoms with Crippen LogP contribution in [-0.2, 0) is 18.3 Å². The van der Waals surface area contributed by atoms with Gasteiger partial charge in [0.2, 0.25) is 0 Å². The normalized spacial score (nSPS) is 11.6. The Labute approximate surface area is 110 Å². The summed E-state index contributed by atoms with van der Waals surface area (Å²) in [5, 5.41) is 0.246. The number of esters is 1. The third-order valence-electron chi connectivity index (χ3n) is 2.36. The van der Waals surface area contributed by atoms with Gasteiger partial charge in [-0.15, -0.1) is 11.3 Å². The summed E-state index contributed by atoms with van der Waals surface area (Å²) in [6.45, 7) is 3.58. The fourth-order valence-corrected chi connectivity index (χ4v) is 4.48. The van der Waals surface area contributed by atoms with Crippen molar-refractivity contribution in [2.24, 2.45) is 0 Å². The average molecular weight is 293 g/mol. The summed E-state index contributed by atoms with van der Waals surface area (Å²) < 4.78 is 27.3. The Morgan fingerprint density at radius 1 is 1.39 bits per heavy atom. The summed E-state index contributed by atoms with van der Waals surface area (Å²) in [5.41, 5.74) is 6.47. The summed E-state index contributed by atoms with van der Waals surface area (Å²) in [6.07, 6.45) is 0. The maximum atomic E-state index is 12.3. The Bertz CT molecular complexity index is 491. The van der Waals surface area contributed by atoms with Crippen molar-refractivity contribution in [1.82, 2.24) is 0 Å². The number of hydrogen-bond acceptors (Lipinski definition) is 7. The summed E-state index contributed by atoms with van der Waals surface area (Å²) in [7, 11) is -0.842. The smallest absolute Gasteiger partial charge is 0.371 e. The summed E-state index contributed by atoms with van der Waals surface area (Å²) in [5.74, 6) is -0.534. The van der Waals surface area contributed by atoms with Crippen LogP contribution in [0.2, 0.25) is 0 Å². The Morgan fingerprint density at radius 2 is 1.94 bits per heavy atom. The van der Waals surface area contributed by atoms with Crippen LogP contribution in [0.1, 0.15) is 22.8 Å². The van der Waals surface area contributed by atoms with Crippen LogP contribution in [-0.4, -0.2) is 26.8 Å². The van der Waals surface area contributed by atoms with E-state index in [1.54, 1.807) is 13.8 Å². The molecule has 18 heavy (non-hydrogen) atoms. The van der Waals surface area contributed by atoms with E-state index in [4.69, 9.17) is 19.5 Å². The van der Waals surface area contributed by atoms with Crippen LogP contribution in [0.25, 0.3) is 0 Å². The Balaban J connectivity index is 3.32. The molecule has 0 amide bonds.